The summed E-state index contributed by atoms with van der Waals surface area (Å²) < 4.78 is 1.64. The fourth-order valence-corrected chi connectivity index (χ4v) is 3.32. The van der Waals surface area contributed by atoms with Gasteiger partial charge in [0.1, 0.15) is 0 Å². The van der Waals surface area contributed by atoms with Gasteiger partial charge in [-0.1, -0.05) is 35.9 Å². The van der Waals surface area contributed by atoms with Gasteiger partial charge in [-0.15, -0.1) is 0 Å². The number of hydrogen-bond acceptors (Lipinski definition) is 4. The maximum Gasteiger partial charge on any atom is 0.260 e. The molecular formula is C24H22N4O2. The van der Waals surface area contributed by atoms with Gasteiger partial charge in [-0.25, -0.2) is 0 Å². The van der Waals surface area contributed by atoms with Gasteiger partial charge in [-0.05, 0) is 43.7 Å². The summed E-state index contributed by atoms with van der Waals surface area (Å²) in [4.78, 5) is 34.4. The lowest BCUT2D eigenvalue weighted by molar-refractivity contribution is 0.0949. The summed E-state index contributed by atoms with van der Waals surface area (Å²) in [6.07, 6.45) is 3.43. The molecule has 0 atom stereocenters. The molecule has 0 aliphatic carbocycles. The van der Waals surface area contributed by atoms with Crippen LogP contribution in [0.4, 0.5) is 0 Å². The number of nitrogens with one attached hydrogen (secondary N) is 1. The summed E-state index contributed by atoms with van der Waals surface area (Å²) in [5.74, 6) is -0.277. The average Bonchev–Trinajstić information content (AvgIpc) is 2.76. The highest BCUT2D eigenvalue weighted by Crippen LogP contribution is 2.14. The summed E-state index contributed by atoms with van der Waals surface area (Å²) in [7, 11) is 0. The Labute approximate surface area is 174 Å². The smallest absolute Gasteiger partial charge is 0.260 e. The van der Waals surface area contributed by atoms with Gasteiger partial charge in [0.2, 0.25) is 0 Å². The van der Waals surface area contributed by atoms with Crippen molar-refractivity contribution in [2.45, 2.75) is 26.9 Å². The van der Waals surface area contributed by atoms with Crippen molar-refractivity contribution in [3.05, 3.63) is 105 Å². The van der Waals surface area contributed by atoms with E-state index >= 15 is 0 Å². The molecule has 150 valence electrons. The molecule has 0 fully saturated rings. The summed E-state index contributed by atoms with van der Waals surface area (Å²) in [6, 6.07) is 17.1. The second kappa shape index (κ2) is 8.29. The van der Waals surface area contributed by atoms with Gasteiger partial charge in [0.25, 0.3) is 11.5 Å². The fraction of sp³-hybridized carbons (Fsp3) is 0.167. The molecule has 4 rings (SSSR count). The van der Waals surface area contributed by atoms with E-state index in [1.165, 1.54) is 5.56 Å². The van der Waals surface area contributed by atoms with Crippen LogP contribution in [0.3, 0.4) is 0 Å². The van der Waals surface area contributed by atoms with Crippen molar-refractivity contribution in [1.29, 1.82) is 0 Å². The lowest BCUT2D eigenvalue weighted by Crippen LogP contribution is -2.26. The van der Waals surface area contributed by atoms with Crippen molar-refractivity contribution in [2.24, 2.45) is 0 Å². The van der Waals surface area contributed by atoms with E-state index < -0.39 is 0 Å². The quantitative estimate of drug-likeness (QED) is 0.559. The van der Waals surface area contributed by atoms with E-state index in [2.05, 4.69) is 15.3 Å². The highest BCUT2D eigenvalue weighted by atomic mass is 16.1. The van der Waals surface area contributed by atoms with Crippen LogP contribution in [0.25, 0.3) is 10.9 Å². The maximum absolute atomic E-state index is 13.0. The SMILES string of the molecule is Cc1ccc(Cn2ccc3nc(C)c(C(=O)NCc4ccccn4)cc3c2=O)cc1. The van der Waals surface area contributed by atoms with E-state index in [0.717, 1.165) is 11.3 Å². The minimum atomic E-state index is -0.277. The number of aromatic nitrogens is 3. The standard InChI is InChI=1S/C24H22N4O2/c1-16-6-8-18(9-7-16)15-28-12-10-22-21(24(28)30)13-20(17(2)27-22)23(29)26-14-19-5-3-4-11-25-19/h3-13H,14-15H2,1-2H3,(H,26,29). The van der Waals surface area contributed by atoms with Gasteiger partial charge in [-0.2, -0.15) is 0 Å². The molecular weight excluding hydrogens is 376 g/mol. The van der Waals surface area contributed by atoms with E-state index in [9.17, 15) is 9.59 Å². The zero-order valence-electron chi connectivity index (χ0n) is 16.9. The molecule has 6 heteroatoms. The van der Waals surface area contributed by atoms with Crippen LogP contribution in [0.2, 0.25) is 0 Å². The first-order chi connectivity index (χ1) is 14.5. The average molecular weight is 398 g/mol. The monoisotopic (exact) mass is 398 g/mol. The fourth-order valence-electron chi connectivity index (χ4n) is 3.32. The largest absolute Gasteiger partial charge is 0.346 e. The molecule has 0 spiro atoms. The van der Waals surface area contributed by atoms with Crippen LogP contribution < -0.4 is 10.9 Å². The number of carbonyl (C=O) groups is 1. The van der Waals surface area contributed by atoms with Crippen LogP contribution in [0, 0.1) is 13.8 Å². The minimum Gasteiger partial charge on any atom is -0.346 e. The van der Waals surface area contributed by atoms with Crippen LogP contribution in [-0.4, -0.2) is 20.4 Å². The first kappa shape index (κ1) is 19.5. The lowest BCUT2D eigenvalue weighted by Gasteiger charge is -2.11. The van der Waals surface area contributed by atoms with Gasteiger partial charge in [0.15, 0.2) is 0 Å². The highest BCUT2D eigenvalue weighted by Gasteiger charge is 2.14. The lowest BCUT2D eigenvalue weighted by atomic mass is 10.1. The number of fused-ring (bicyclic) bond motifs is 1. The van der Waals surface area contributed by atoms with Crippen molar-refractivity contribution in [2.75, 3.05) is 0 Å². The zero-order valence-corrected chi connectivity index (χ0v) is 16.9. The predicted molar refractivity (Wildman–Crippen MR) is 116 cm³/mol. The molecule has 1 amide bonds. The van der Waals surface area contributed by atoms with E-state index in [-0.39, 0.29) is 11.5 Å². The van der Waals surface area contributed by atoms with Crippen molar-refractivity contribution in [1.82, 2.24) is 19.9 Å². The number of benzene rings is 1. The number of pyridine rings is 3. The molecule has 3 heterocycles. The molecule has 1 aromatic carbocycles. The number of carbonyl (C=O) groups excluding carboxylic acids is 1. The summed E-state index contributed by atoms with van der Waals surface area (Å²) in [6.45, 7) is 4.57. The van der Waals surface area contributed by atoms with Crippen LogP contribution in [0.1, 0.15) is 32.9 Å². The van der Waals surface area contributed by atoms with Crippen molar-refractivity contribution in [3.8, 4) is 0 Å². The molecule has 3 aromatic heterocycles. The normalized spacial score (nSPS) is 10.9. The van der Waals surface area contributed by atoms with E-state index in [1.54, 1.807) is 30.0 Å². The van der Waals surface area contributed by atoms with E-state index in [4.69, 9.17) is 0 Å². The predicted octanol–water partition coefficient (Wildman–Crippen LogP) is 3.39. The van der Waals surface area contributed by atoms with Gasteiger partial charge < -0.3 is 9.88 Å². The Hall–Kier alpha value is -3.80. The molecule has 1 N–H and O–H groups in total. The van der Waals surface area contributed by atoms with E-state index in [0.29, 0.717) is 35.2 Å². The first-order valence-corrected chi connectivity index (χ1v) is 9.76. The Kier molecular flexibility index (Phi) is 5.39. The van der Waals surface area contributed by atoms with Gasteiger partial charge in [0.05, 0.1) is 40.9 Å². The topological polar surface area (TPSA) is 76.9 Å². The minimum absolute atomic E-state index is 0.167. The Morgan fingerprint density at radius 1 is 1.07 bits per heavy atom. The number of rotatable bonds is 5. The Balaban J connectivity index is 1.63. The third-order valence-electron chi connectivity index (χ3n) is 5.02. The highest BCUT2D eigenvalue weighted by molar-refractivity contribution is 5.98. The van der Waals surface area contributed by atoms with Crippen LogP contribution >= 0.6 is 0 Å². The molecule has 0 saturated heterocycles. The number of amides is 1. The second-order valence-corrected chi connectivity index (χ2v) is 7.29. The van der Waals surface area contributed by atoms with Gasteiger partial charge in [-0.3, -0.25) is 19.6 Å². The second-order valence-electron chi connectivity index (χ2n) is 7.29. The third kappa shape index (κ3) is 4.12. The molecule has 6 nitrogen and oxygen atoms in total. The number of nitrogens with zero attached hydrogens (tertiary/aromatic N) is 3. The van der Waals surface area contributed by atoms with Crippen LogP contribution in [0.15, 0.2) is 71.8 Å². The van der Waals surface area contributed by atoms with Crippen LogP contribution in [-0.2, 0) is 13.1 Å². The molecule has 0 aliphatic rings. The van der Waals surface area contributed by atoms with Gasteiger partial charge >= 0.3 is 0 Å². The number of hydrogen-bond donors (Lipinski definition) is 1. The van der Waals surface area contributed by atoms with Gasteiger partial charge in [0, 0.05) is 12.4 Å². The molecule has 0 unspecified atom stereocenters. The number of aryl methyl sites for hydroxylation is 2. The molecule has 30 heavy (non-hydrogen) atoms. The maximum atomic E-state index is 13.0. The molecule has 0 radical (unpaired) electrons. The third-order valence-corrected chi connectivity index (χ3v) is 5.02. The zero-order chi connectivity index (χ0) is 21.1. The van der Waals surface area contributed by atoms with Crippen molar-refractivity contribution < 1.29 is 4.79 Å². The van der Waals surface area contributed by atoms with E-state index in [1.807, 2.05) is 55.5 Å². The first-order valence-electron chi connectivity index (χ1n) is 9.76. The molecule has 0 aliphatic heterocycles. The summed E-state index contributed by atoms with van der Waals surface area (Å²) >= 11 is 0. The molecule has 4 aromatic rings. The van der Waals surface area contributed by atoms with Crippen molar-refractivity contribution >= 4 is 16.8 Å². The Morgan fingerprint density at radius 3 is 2.60 bits per heavy atom. The molecule has 0 saturated carbocycles. The summed E-state index contributed by atoms with van der Waals surface area (Å²) in [5.41, 5.74) is 4.36. The Bertz CT molecular complexity index is 1260. The van der Waals surface area contributed by atoms with Crippen molar-refractivity contribution in [3.63, 3.8) is 0 Å². The van der Waals surface area contributed by atoms with Crippen LogP contribution in [0.5, 0.6) is 0 Å². The summed E-state index contributed by atoms with van der Waals surface area (Å²) in [5, 5.41) is 3.28. The molecule has 0 bridgehead atoms. The Morgan fingerprint density at radius 2 is 1.87 bits per heavy atom.